The number of aromatic hydroxyl groups is 1. The van der Waals surface area contributed by atoms with E-state index in [1.165, 1.54) is 12.3 Å². The molecule has 2 N–H and O–H groups in total. The maximum atomic E-state index is 14.0. The van der Waals surface area contributed by atoms with Crippen molar-refractivity contribution in [2.75, 3.05) is 0 Å². The van der Waals surface area contributed by atoms with E-state index in [1.807, 2.05) is 4.90 Å². The zero-order chi connectivity index (χ0) is 21.9. The predicted octanol–water partition coefficient (Wildman–Crippen LogP) is 2.33. The van der Waals surface area contributed by atoms with Crippen LogP contribution in [0, 0.1) is 18.7 Å². The van der Waals surface area contributed by atoms with Crippen molar-refractivity contribution >= 4 is 11.8 Å². The van der Waals surface area contributed by atoms with Gasteiger partial charge < -0.3 is 19.9 Å². The molecule has 4 aliphatic rings. The van der Waals surface area contributed by atoms with Crippen molar-refractivity contribution in [1.29, 1.82) is 0 Å². The molecule has 0 radical (unpaired) electrons. The molecule has 3 aliphatic heterocycles. The Hall–Kier alpha value is -3.16. The molecule has 7 nitrogen and oxygen atoms in total. The first-order chi connectivity index (χ1) is 14.8. The molecule has 2 saturated heterocycles. The van der Waals surface area contributed by atoms with Crippen LogP contribution in [-0.2, 0) is 13.1 Å². The molecule has 1 saturated carbocycles. The number of hydrogen-bond acceptors (Lipinski definition) is 4. The van der Waals surface area contributed by atoms with Crippen LogP contribution in [0.15, 0.2) is 29.2 Å². The van der Waals surface area contributed by atoms with Crippen LogP contribution >= 0.6 is 0 Å². The van der Waals surface area contributed by atoms with Gasteiger partial charge in [0.2, 0.25) is 5.43 Å². The van der Waals surface area contributed by atoms with Gasteiger partial charge in [-0.25, -0.2) is 4.39 Å². The number of carbonyl (C=O) groups is 2. The minimum Gasteiger partial charge on any atom is -0.503 e. The van der Waals surface area contributed by atoms with Gasteiger partial charge in [-0.2, -0.15) is 0 Å². The minimum absolute atomic E-state index is 0.0203. The number of aromatic nitrogens is 1. The molecule has 1 aromatic heterocycles. The van der Waals surface area contributed by atoms with Crippen LogP contribution in [-0.4, -0.2) is 38.5 Å². The second kappa shape index (κ2) is 7.21. The lowest BCUT2D eigenvalue weighted by atomic mass is 9.73. The zero-order valence-electron chi connectivity index (χ0n) is 17.2. The molecule has 31 heavy (non-hydrogen) atoms. The Morgan fingerprint density at radius 3 is 2.68 bits per heavy atom. The van der Waals surface area contributed by atoms with Crippen molar-refractivity contribution < 1.29 is 19.1 Å². The van der Waals surface area contributed by atoms with Crippen molar-refractivity contribution in [3.05, 3.63) is 62.8 Å². The summed E-state index contributed by atoms with van der Waals surface area (Å²) in [5.74, 6) is -1.79. The third-order valence-corrected chi connectivity index (χ3v) is 7.01. The molecule has 2 aromatic rings. The lowest BCUT2D eigenvalue weighted by Crippen LogP contribution is -2.61. The number of aryl methyl sites for hydroxylation is 1. The van der Waals surface area contributed by atoms with E-state index in [9.17, 15) is 23.9 Å². The highest BCUT2D eigenvalue weighted by molar-refractivity contribution is 5.99. The van der Waals surface area contributed by atoms with Gasteiger partial charge in [0.25, 0.3) is 11.8 Å². The van der Waals surface area contributed by atoms with Crippen LogP contribution in [0.1, 0.15) is 57.7 Å². The predicted molar refractivity (Wildman–Crippen MR) is 110 cm³/mol. The average molecular weight is 425 g/mol. The molecule has 8 heteroatoms. The van der Waals surface area contributed by atoms with Gasteiger partial charge in [-0.3, -0.25) is 14.4 Å². The Labute approximate surface area is 178 Å². The Balaban J connectivity index is 1.44. The van der Waals surface area contributed by atoms with Crippen LogP contribution in [0.25, 0.3) is 0 Å². The van der Waals surface area contributed by atoms with E-state index < -0.39 is 22.9 Å². The fraction of sp³-hybridized carbons (Fsp3) is 0.435. The third kappa shape index (κ3) is 3.12. The van der Waals surface area contributed by atoms with Gasteiger partial charge >= 0.3 is 0 Å². The van der Waals surface area contributed by atoms with Gasteiger partial charge in [-0.15, -0.1) is 0 Å². The van der Waals surface area contributed by atoms with Gasteiger partial charge in [-0.05, 0) is 50.2 Å². The summed E-state index contributed by atoms with van der Waals surface area (Å²) in [7, 11) is 0. The van der Waals surface area contributed by atoms with E-state index in [2.05, 4.69) is 5.32 Å². The number of halogens is 1. The highest BCUT2D eigenvalue weighted by atomic mass is 19.1. The third-order valence-electron chi connectivity index (χ3n) is 7.01. The van der Waals surface area contributed by atoms with E-state index in [-0.39, 0.29) is 35.8 Å². The zero-order valence-corrected chi connectivity index (χ0v) is 17.2. The summed E-state index contributed by atoms with van der Waals surface area (Å²) in [5.41, 5.74) is -0.126. The fourth-order valence-electron chi connectivity index (χ4n) is 5.39. The summed E-state index contributed by atoms with van der Waals surface area (Å²) in [6.45, 7) is 2.12. The van der Waals surface area contributed by atoms with E-state index in [1.54, 1.807) is 23.6 Å². The van der Waals surface area contributed by atoms with Crippen LogP contribution in [0.4, 0.5) is 4.39 Å². The smallest absolute Gasteiger partial charge is 0.275 e. The number of fused-ring (bicyclic) bond motifs is 3. The van der Waals surface area contributed by atoms with Gasteiger partial charge in [0.15, 0.2) is 11.4 Å². The maximum absolute atomic E-state index is 14.0. The molecule has 1 aromatic carbocycles. The molecule has 1 aliphatic carbocycles. The summed E-state index contributed by atoms with van der Waals surface area (Å²) in [4.78, 5) is 40.4. The van der Waals surface area contributed by atoms with Gasteiger partial charge in [0, 0.05) is 30.9 Å². The lowest BCUT2D eigenvalue weighted by molar-refractivity contribution is -0.0181. The quantitative estimate of drug-likeness (QED) is 0.790. The van der Waals surface area contributed by atoms with Crippen LogP contribution in [0.2, 0.25) is 0 Å². The van der Waals surface area contributed by atoms with Crippen molar-refractivity contribution in [1.82, 2.24) is 14.8 Å². The van der Waals surface area contributed by atoms with Crippen molar-refractivity contribution in [3.8, 4) is 5.75 Å². The first kappa shape index (κ1) is 19.8. The largest absolute Gasteiger partial charge is 0.503 e. The molecule has 1 atom stereocenters. The number of pyridine rings is 1. The molecule has 2 bridgehead atoms. The average Bonchev–Trinajstić information content (AvgIpc) is 2.76. The summed E-state index contributed by atoms with van der Waals surface area (Å²) in [6.07, 6.45) is 5.39. The first-order valence-corrected chi connectivity index (χ1v) is 10.7. The molecular weight excluding hydrogens is 401 g/mol. The van der Waals surface area contributed by atoms with Crippen LogP contribution in [0.3, 0.4) is 0 Å². The fourth-order valence-corrected chi connectivity index (χ4v) is 5.39. The number of amides is 2. The molecule has 3 fully saturated rings. The number of benzene rings is 1. The van der Waals surface area contributed by atoms with Gasteiger partial charge in [0.05, 0.1) is 6.04 Å². The topological polar surface area (TPSA) is 91.6 Å². The second-order valence-electron chi connectivity index (χ2n) is 8.85. The summed E-state index contributed by atoms with van der Waals surface area (Å²) < 4.78 is 15.6. The van der Waals surface area contributed by atoms with E-state index in [0.717, 1.165) is 31.2 Å². The Morgan fingerprint density at radius 2 is 1.97 bits per heavy atom. The number of piperidine rings is 2. The molecule has 4 heterocycles. The van der Waals surface area contributed by atoms with Crippen molar-refractivity contribution in [2.24, 2.45) is 5.92 Å². The van der Waals surface area contributed by atoms with E-state index in [4.69, 9.17) is 0 Å². The van der Waals surface area contributed by atoms with Gasteiger partial charge in [-0.1, -0.05) is 12.1 Å². The normalized spacial score (nSPS) is 24.0. The minimum atomic E-state index is -0.887. The Morgan fingerprint density at radius 1 is 1.23 bits per heavy atom. The lowest BCUT2D eigenvalue weighted by Gasteiger charge is -2.53. The Bertz CT molecular complexity index is 1150. The monoisotopic (exact) mass is 425 g/mol. The highest BCUT2D eigenvalue weighted by Gasteiger charge is 2.48. The molecule has 0 unspecified atom stereocenters. The van der Waals surface area contributed by atoms with E-state index in [0.29, 0.717) is 18.0 Å². The van der Waals surface area contributed by atoms with Crippen molar-refractivity contribution in [2.45, 2.75) is 57.8 Å². The number of carbonyl (C=O) groups excluding carboxylic acids is 2. The van der Waals surface area contributed by atoms with Crippen LogP contribution < -0.4 is 10.7 Å². The molecule has 2 amide bonds. The summed E-state index contributed by atoms with van der Waals surface area (Å²) in [6, 6.07) is 4.86. The first-order valence-electron chi connectivity index (χ1n) is 10.7. The number of nitrogens with zero attached hydrogens (tertiary/aromatic N) is 2. The summed E-state index contributed by atoms with van der Waals surface area (Å²) >= 11 is 0. The molecule has 162 valence electrons. The molecule has 0 spiro atoms. The molecule has 6 rings (SSSR count). The summed E-state index contributed by atoms with van der Waals surface area (Å²) in [5, 5.41) is 13.1. The SMILES string of the molecule is Cc1ccc(CNC(=O)c2cn3c(c(O)c2=O)C(=O)N2[C@H]4CC[C@H](CC4)[C@H]2C3)c(F)c1. The Kier molecular flexibility index (Phi) is 4.60. The van der Waals surface area contributed by atoms with Gasteiger partial charge in [0.1, 0.15) is 11.4 Å². The number of nitrogens with one attached hydrogen (secondary N) is 1. The van der Waals surface area contributed by atoms with Crippen LogP contribution in [0.5, 0.6) is 5.75 Å². The van der Waals surface area contributed by atoms with Crippen molar-refractivity contribution in [3.63, 3.8) is 0 Å². The second-order valence-corrected chi connectivity index (χ2v) is 8.85. The standard InChI is InChI=1S/C23H24FN3O4/c1-12-2-3-14(17(24)8-12)9-25-22(30)16-10-26-11-18-13-4-6-15(7-5-13)27(18)23(31)19(26)21(29)20(16)28/h2-3,8,10,13,15,18,29H,4-7,9,11H2,1H3,(H,25,30)/t13-,15+,18-/m1/s1. The molecular formula is C23H24FN3O4. The number of rotatable bonds is 3. The maximum Gasteiger partial charge on any atom is 0.275 e. The van der Waals surface area contributed by atoms with E-state index >= 15 is 0 Å². The number of hydrogen-bond donors (Lipinski definition) is 2. The highest BCUT2D eigenvalue weighted by Crippen LogP contribution is 2.43.